The van der Waals surface area contributed by atoms with Crippen LogP contribution in [0.4, 0.5) is 4.79 Å². The first-order chi connectivity index (χ1) is 44.7. The van der Waals surface area contributed by atoms with Gasteiger partial charge in [-0.2, -0.15) is 0 Å². The first-order valence-electron chi connectivity index (χ1n) is 37.4. The zero-order chi connectivity index (χ0) is 68.7. The van der Waals surface area contributed by atoms with Crippen LogP contribution in [0.25, 0.3) is 0 Å². The number of hydrogen-bond acceptors (Lipinski definition) is 19. The van der Waals surface area contributed by atoms with E-state index in [2.05, 4.69) is 80.6 Å². The van der Waals surface area contributed by atoms with E-state index in [-0.39, 0.29) is 46.3 Å². The fourth-order valence-corrected chi connectivity index (χ4v) is 24.7. The number of carbonyl (C=O) groups is 3. The zero-order valence-corrected chi connectivity index (χ0v) is 59.1. The van der Waals surface area contributed by atoms with Crippen molar-refractivity contribution in [1.29, 1.82) is 0 Å². The smallest absolute Gasteiger partial charge is 0.407 e. The van der Waals surface area contributed by atoms with Crippen molar-refractivity contribution in [3.05, 3.63) is 11.6 Å². The largest absolute Gasteiger partial charge is 0.446 e. The topological polar surface area (TPSA) is 310 Å². The van der Waals surface area contributed by atoms with Crippen LogP contribution >= 0.6 is 0 Å². The van der Waals surface area contributed by atoms with E-state index < -0.39 is 152 Å². The third kappa shape index (κ3) is 11.7. The average molecular weight is 1340 g/mol. The number of aldehydes is 1. The van der Waals surface area contributed by atoms with Gasteiger partial charge in [-0.25, -0.2) is 4.79 Å². The second-order valence-corrected chi connectivity index (χ2v) is 35.7. The average Bonchev–Trinajstić information content (AvgIpc) is 0.946. The van der Waals surface area contributed by atoms with Crippen LogP contribution in [-0.2, 0) is 42.7 Å². The van der Waals surface area contributed by atoms with Gasteiger partial charge in [0, 0.05) is 10.8 Å². The highest BCUT2D eigenvalue weighted by atomic mass is 16.8. The molecule has 0 aromatic carbocycles. The van der Waals surface area contributed by atoms with Gasteiger partial charge in [0.1, 0.15) is 66.6 Å². The summed E-state index contributed by atoms with van der Waals surface area (Å²) in [6.45, 7) is 25.6. The molecule has 12 aliphatic rings. The van der Waals surface area contributed by atoms with Crippen molar-refractivity contribution in [3.63, 3.8) is 0 Å². The van der Waals surface area contributed by atoms with Crippen molar-refractivity contribution < 1.29 is 93.5 Å². The number of ether oxygens (including phenoxy) is 7. The maximum absolute atomic E-state index is 15.9. The van der Waals surface area contributed by atoms with Crippen LogP contribution < -0.4 is 5.32 Å². The Labute approximate surface area is 564 Å². The minimum atomic E-state index is -1.95. The SMILES string of the molecule is CCC1C2(C)CCC(O)C(C)(C=O)[C@@H]2CC[C@@]12C=C1C3CC(C)(C)CCC3(C(=O)O[C@@H]3O[C@H](CO)C(NC(=O)O[C@H]4CCC5(C)C6CCC7(C)C([C@H](C)CCCC(C)C)CC[C@H]7[C@@H]6CC[C@H]5C4)C(O)C3O[C@@H]3O[C@H](C)C(O[C@@H]4OC[C@@H](O)C(O)C4O)C(O)C3O)[C@H](O)C[C@]12C. The zero-order valence-electron chi connectivity index (χ0n) is 59.1. The lowest BCUT2D eigenvalue weighted by Crippen LogP contribution is -2.71. The van der Waals surface area contributed by atoms with Gasteiger partial charge in [-0.05, 0) is 197 Å². The Hall–Kier alpha value is -2.41. The fourth-order valence-electron chi connectivity index (χ4n) is 24.7. The van der Waals surface area contributed by atoms with E-state index >= 15 is 4.79 Å². The third-order valence-corrected chi connectivity index (χ3v) is 30.0. The molecule has 1 spiro atoms. The van der Waals surface area contributed by atoms with Crippen LogP contribution in [0.3, 0.4) is 0 Å². The lowest BCUT2D eigenvalue weighted by Gasteiger charge is -2.74. The second-order valence-electron chi connectivity index (χ2n) is 35.7. The van der Waals surface area contributed by atoms with Crippen LogP contribution in [0, 0.1) is 102 Å². The monoisotopic (exact) mass is 1340 g/mol. The molecular formula is C75H121NO19. The molecule has 0 aromatic rings. The van der Waals surface area contributed by atoms with Gasteiger partial charge in [-0.3, -0.25) is 4.79 Å². The van der Waals surface area contributed by atoms with E-state index in [1.54, 1.807) is 0 Å². The van der Waals surface area contributed by atoms with Gasteiger partial charge in [0.2, 0.25) is 6.29 Å². The van der Waals surface area contributed by atoms with Gasteiger partial charge in [-0.15, -0.1) is 0 Å². The molecule has 0 radical (unpaired) electrons. The Morgan fingerprint density at radius 2 is 1.39 bits per heavy atom. The Morgan fingerprint density at radius 3 is 2.09 bits per heavy atom. The number of fused-ring (bicyclic) bond motifs is 10. The molecule has 33 atom stereocenters. The molecule has 8 saturated carbocycles. The van der Waals surface area contributed by atoms with E-state index in [0.717, 1.165) is 74.1 Å². The molecule has 1 amide bonds. The van der Waals surface area contributed by atoms with E-state index in [9.17, 15) is 55.5 Å². The molecule has 3 saturated heterocycles. The highest BCUT2D eigenvalue weighted by Crippen LogP contribution is 2.79. The molecule has 20 heteroatoms. The van der Waals surface area contributed by atoms with Crippen LogP contribution in [0.5, 0.6) is 0 Å². The number of aliphatic hydroxyl groups is 9. The van der Waals surface area contributed by atoms with Crippen LogP contribution in [-0.4, -0.2) is 182 Å². The van der Waals surface area contributed by atoms with Crippen molar-refractivity contribution >= 4 is 18.3 Å². The molecule has 95 heavy (non-hydrogen) atoms. The standard InChI is InChI=1S/C75H121NO19/c1-13-51-71(10)27-24-53(80)72(11,37-78)52(71)23-28-74(51)33-47-48-32-68(6,7)29-30-75(48,54(81)34-73(47,74)12)66(87)95-65-62(94-64-60(86)58(84)61(40(5)90-64)93-63-59(85)56(82)49(79)36-89-63)57(83)55(50(35-77)92-65)76-67(88)91-42-21-25-69(8)41(31-42)17-18-43-45-20-19-44(39(4)16-14-15-38(2)3)70(45,9)26-22-46(43)69/h33,37-46,48-65,77,79-86H,13-32,34-36H2,1-12H3,(H,76,88)/t39-,40-,41+,42+,43+,44?,45+,46?,48?,49-,50-,51?,52-,53?,54-,55?,56?,57?,58?,59?,60?,61?,62?,63+,64+,65+,69?,70?,71?,72?,73-,74-,75?/m1/s1. The number of nitrogens with one attached hydrogen (secondary N) is 1. The summed E-state index contributed by atoms with van der Waals surface area (Å²) in [5, 5.41) is 106. The molecule has 10 N–H and O–H groups in total. The second kappa shape index (κ2) is 26.4. The van der Waals surface area contributed by atoms with Crippen molar-refractivity contribution in [2.24, 2.45) is 102 Å². The van der Waals surface area contributed by atoms with E-state index in [4.69, 9.17) is 33.2 Å². The van der Waals surface area contributed by atoms with Crippen LogP contribution in [0.1, 0.15) is 218 Å². The molecule has 20 nitrogen and oxygen atoms in total. The molecule has 11 fully saturated rings. The Kier molecular flexibility index (Phi) is 20.1. The first-order valence-corrected chi connectivity index (χ1v) is 37.4. The summed E-state index contributed by atoms with van der Waals surface area (Å²) >= 11 is 0. The summed E-state index contributed by atoms with van der Waals surface area (Å²) in [4.78, 5) is 43.3. The van der Waals surface area contributed by atoms with Gasteiger partial charge in [0.05, 0.1) is 43.0 Å². The number of esters is 1. The first kappa shape index (κ1) is 72.4. The summed E-state index contributed by atoms with van der Waals surface area (Å²) in [6, 6.07) is -1.45. The fraction of sp³-hybridized carbons (Fsp3) is 0.933. The molecule has 0 bridgehead atoms. The van der Waals surface area contributed by atoms with Crippen LogP contribution in [0.2, 0.25) is 0 Å². The number of hydrogen-bond donors (Lipinski definition) is 10. The number of amides is 1. The molecule has 18 unspecified atom stereocenters. The van der Waals surface area contributed by atoms with Gasteiger partial charge < -0.3 is 89.2 Å². The van der Waals surface area contributed by atoms with Gasteiger partial charge in [-0.1, -0.05) is 113 Å². The highest BCUT2D eigenvalue weighted by Gasteiger charge is 2.75. The highest BCUT2D eigenvalue weighted by molar-refractivity contribution is 5.80. The predicted molar refractivity (Wildman–Crippen MR) is 349 cm³/mol. The maximum Gasteiger partial charge on any atom is 0.407 e. The number of aliphatic hydroxyl groups excluding tert-OH is 9. The van der Waals surface area contributed by atoms with E-state index in [1.807, 2.05) is 6.92 Å². The van der Waals surface area contributed by atoms with Gasteiger partial charge in [0.15, 0.2) is 18.7 Å². The normalized spacial score (nSPS) is 52.6. The number of carbonyl (C=O) groups excluding carboxylic acids is 3. The van der Waals surface area contributed by atoms with Crippen LogP contribution in [0.15, 0.2) is 11.6 Å². The minimum absolute atomic E-state index is 0.0452. The van der Waals surface area contributed by atoms with Gasteiger partial charge >= 0.3 is 12.1 Å². The third-order valence-electron chi connectivity index (χ3n) is 30.0. The summed E-state index contributed by atoms with van der Waals surface area (Å²) in [5.74, 6) is 3.38. The Balaban J connectivity index is 0.780. The molecule has 0 aromatic heterocycles. The Bertz CT molecular complexity index is 2810. The predicted octanol–water partition coefficient (Wildman–Crippen LogP) is 8.18. The lowest BCUT2D eigenvalue weighted by atomic mass is 9.30. The van der Waals surface area contributed by atoms with Crippen molar-refractivity contribution in [3.8, 4) is 0 Å². The molecule has 12 rings (SSSR count). The number of rotatable bonds is 16. The van der Waals surface area contributed by atoms with E-state index in [0.29, 0.717) is 55.3 Å². The molecule has 540 valence electrons. The van der Waals surface area contributed by atoms with Crippen molar-refractivity contribution in [2.45, 2.75) is 322 Å². The minimum Gasteiger partial charge on any atom is -0.446 e. The summed E-state index contributed by atoms with van der Waals surface area (Å²) in [5.41, 5.74) is -2.33. The molecule has 9 aliphatic carbocycles. The van der Waals surface area contributed by atoms with Gasteiger partial charge in [0.25, 0.3) is 0 Å². The quantitative estimate of drug-likeness (QED) is 0.0396. The molecule has 3 heterocycles. The van der Waals surface area contributed by atoms with Crippen molar-refractivity contribution in [2.75, 3.05) is 13.2 Å². The summed E-state index contributed by atoms with van der Waals surface area (Å²) in [6.07, 6.45) is -2.51. The Morgan fingerprint density at radius 1 is 0.695 bits per heavy atom. The van der Waals surface area contributed by atoms with Crippen molar-refractivity contribution in [1.82, 2.24) is 5.32 Å². The molecule has 3 aliphatic heterocycles. The maximum atomic E-state index is 15.9. The number of alkyl carbamates (subject to hydrolysis) is 1. The van der Waals surface area contributed by atoms with E-state index in [1.165, 1.54) is 58.3 Å². The summed E-state index contributed by atoms with van der Waals surface area (Å²) in [7, 11) is 0. The lowest BCUT2D eigenvalue weighted by molar-refractivity contribution is -0.370. The number of allylic oxidation sites excluding steroid dienone is 2. The molecular weight excluding hydrogens is 1220 g/mol. The summed E-state index contributed by atoms with van der Waals surface area (Å²) < 4.78 is 43.4.